The number of pyridine rings is 1. The zero-order valence-corrected chi connectivity index (χ0v) is 19.3. The monoisotopic (exact) mass is 462 g/mol. The van der Waals surface area contributed by atoms with E-state index in [9.17, 15) is 14.7 Å². The first-order valence-electron chi connectivity index (χ1n) is 11.1. The van der Waals surface area contributed by atoms with Crippen LogP contribution in [-0.4, -0.2) is 39.9 Å². The largest absolute Gasteiger partial charge is 0.507 e. The molecule has 4 rings (SSSR count). The van der Waals surface area contributed by atoms with Crippen molar-refractivity contribution in [2.45, 2.75) is 33.4 Å². The number of ether oxygens (including phenoxy) is 2. The predicted molar refractivity (Wildman–Crippen MR) is 124 cm³/mol. The molecule has 1 atom stereocenters. The summed E-state index contributed by atoms with van der Waals surface area (Å²) in [5.41, 5.74) is 1.03. The molecular formula is C26H26N2O6. The molecule has 2 aromatic heterocycles. The molecule has 8 nitrogen and oxygen atoms in total. The van der Waals surface area contributed by atoms with Gasteiger partial charge in [0.2, 0.25) is 0 Å². The Morgan fingerprint density at radius 1 is 1.06 bits per heavy atom. The number of hydrogen-bond acceptors (Lipinski definition) is 7. The number of ketones is 1. The highest BCUT2D eigenvalue weighted by atomic mass is 16.5. The smallest absolute Gasteiger partial charge is 0.296 e. The van der Waals surface area contributed by atoms with Crippen LogP contribution in [0, 0.1) is 6.92 Å². The minimum atomic E-state index is -0.900. The lowest BCUT2D eigenvalue weighted by atomic mass is 9.98. The first-order valence-corrected chi connectivity index (χ1v) is 11.1. The van der Waals surface area contributed by atoms with Crippen molar-refractivity contribution in [3.63, 3.8) is 0 Å². The highest BCUT2D eigenvalue weighted by Gasteiger charge is 2.47. The van der Waals surface area contributed by atoms with E-state index in [0.29, 0.717) is 41.8 Å². The molecule has 1 N–H and O–H groups in total. The SMILES string of the molecule is CCOc1ccc(/C(O)=C2/C(=O)C(=O)N(Cc3ccncc3)C2c2ccc(C)o2)c(OCC)c1. The van der Waals surface area contributed by atoms with E-state index in [-0.39, 0.29) is 17.9 Å². The third kappa shape index (κ3) is 4.39. The van der Waals surface area contributed by atoms with E-state index in [1.165, 1.54) is 4.90 Å². The maximum atomic E-state index is 13.2. The fraction of sp³-hybridized carbons (Fsp3) is 0.269. The Morgan fingerprint density at radius 3 is 2.44 bits per heavy atom. The van der Waals surface area contributed by atoms with Crippen LogP contribution in [0.3, 0.4) is 0 Å². The Balaban J connectivity index is 1.86. The average Bonchev–Trinajstić information content (AvgIpc) is 3.36. The minimum Gasteiger partial charge on any atom is -0.507 e. The number of aromatic nitrogens is 1. The molecule has 0 bridgehead atoms. The standard InChI is InChI=1S/C26H26N2O6/c1-4-32-18-7-8-19(21(14-18)33-5-2)24(29)22-23(20-9-6-16(3)34-20)28(26(31)25(22)30)15-17-10-12-27-13-11-17/h6-14,23,29H,4-5,15H2,1-3H3/b24-22-. The number of aryl methyl sites for hydroxylation is 1. The van der Waals surface area contributed by atoms with Gasteiger partial charge in [0.05, 0.1) is 24.4 Å². The van der Waals surface area contributed by atoms with Crippen molar-refractivity contribution in [1.29, 1.82) is 0 Å². The number of nitrogens with zero attached hydrogens (tertiary/aromatic N) is 2. The molecule has 1 saturated heterocycles. The molecule has 1 aromatic carbocycles. The number of likely N-dealkylation sites (tertiary alicyclic amines) is 1. The van der Waals surface area contributed by atoms with Crippen LogP contribution in [0.1, 0.15) is 42.5 Å². The van der Waals surface area contributed by atoms with Crippen LogP contribution < -0.4 is 9.47 Å². The van der Waals surface area contributed by atoms with Gasteiger partial charge in [0.15, 0.2) is 0 Å². The van der Waals surface area contributed by atoms with Gasteiger partial charge in [-0.2, -0.15) is 0 Å². The number of aliphatic hydroxyl groups is 1. The van der Waals surface area contributed by atoms with Crippen LogP contribution in [0.2, 0.25) is 0 Å². The lowest BCUT2D eigenvalue weighted by Crippen LogP contribution is -2.29. The molecule has 1 amide bonds. The third-order valence-electron chi connectivity index (χ3n) is 5.49. The summed E-state index contributed by atoms with van der Waals surface area (Å²) < 4.78 is 17.1. The Labute approximate surface area is 197 Å². The highest BCUT2D eigenvalue weighted by molar-refractivity contribution is 6.46. The van der Waals surface area contributed by atoms with Crippen LogP contribution in [0.4, 0.5) is 0 Å². The fourth-order valence-corrected chi connectivity index (χ4v) is 4.00. The number of hydrogen-bond donors (Lipinski definition) is 1. The van der Waals surface area contributed by atoms with Gasteiger partial charge in [-0.05, 0) is 62.7 Å². The average molecular weight is 463 g/mol. The zero-order valence-electron chi connectivity index (χ0n) is 19.3. The molecule has 34 heavy (non-hydrogen) atoms. The molecule has 1 fully saturated rings. The topological polar surface area (TPSA) is 102 Å². The van der Waals surface area contributed by atoms with Gasteiger partial charge in [-0.15, -0.1) is 0 Å². The molecule has 0 aliphatic carbocycles. The number of benzene rings is 1. The number of aliphatic hydroxyl groups excluding tert-OH is 1. The molecule has 3 heterocycles. The van der Waals surface area contributed by atoms with Crippen LogP contribution in [-0.2, 0) is 16.1 Å². The fourth-order valence-electron chi connectivity index (χ4n) is 4.00. The van der Waals surface area contributed by atoms with Crippen molar-refractivity contribution in [3.05, 3.63) is 83.1 Å². The molecule has 1 unspecified atom stereocenters. The maximum absolute atomic E-state index is 13.2. The molecule has 8 heteroatoms. The van der Waals surface area contributed by atoms with Gasteiger partial charge in [0, 0.05) is 25.0 Å². The zero-order chi connectivity index (χ0) is 24.2. The molecular weight excluding hydrogens is 436 g/mol. The van der Waals surface area contributed by atoms with E-state index < -0.39 is 17.7 Å². The molecule has 3 aromatic rings. The summed E-state index contributed by atoms with van der Waals surface area (Å²) in [5, 5.41) is 11.4. The summed E-state index contributed by atoms with van der Waals surface area (Å²) in [5.74, 6) is 0.0839. The van der Waals surface area contributed by atoms with Crippen molar-refractivity contribution in [2.75, 3.05) is 13.2 Å². The molecule has 176 valence electrons. The number of amides is 1. The molecule has 0 spiro atoms. The number of carbonyl (C=O) groups excluding carboxylic acids is 2. The normalized spacial score (nSPS) is 17.3. The lowest BCUT2D eigenvalue weighted by molar-refractivity contribution is -0.140. The highest BCUT2D eigenvalue weighted by Crippen LogP contribution is 2.42. The van der Waals surface area contributed by atoms with E-state index >= 15 is 0 Å². The van der Waals surface area contributed by atoms with Gasteiger partial charge in [-0.25, -0.2) is 0 Å². The summed E-state index contributed by atoms with van der Waals surface area (Å²) in [6.45, 7) is 6.41. The van der Waals surface area contributed by atoms with Crippen LogP contribution in [0.5, 0.6) is 11.5 Å². The Morgan fingerprint density at radius 2 is 1.79 bits per heavy atom. The summed E-state index contributed by atoms with van der Waals surface area (Å²) >= 11 is 0. The number of rotatable bonds is 8. The number of carbonyl (C=O) groups is 2. The van der Waals surface area contributed by atoms with Gasteiger partial charge in [-0.1, -0.05) is 0 Å². The van der Waals surface area contributed by atoms with Crippen molar-refractivity contribution in [1.82, 2.24) is 9.88 Å². The summed E-state index contributed by atoms with van der Waals surface area (Å²) in [7, 11) is 0. The van der Waals surface area contributed by atoms with Crippen molar-refractivity contribution in [3.8, 4) is 11.5 Å². The van der Waals surface area contributed by atoms with Crippen molar-refractivity contribution in [2.24, 2.45) is 0 Å². The van der Waals surface area contributed by atoms with Gasteiger partial charge >= 0.3 is 0 Å². The van der Waals surface area contributed by atoms with Crippen molar-refractivity contribution >= 4 is 17.4 Å². The second-order valence-corrected chi connectivity index (χ2v) is 7.75. The lowest BCUT2D eigenvalue weighted by Gasteiger charge is -2.23. The van der Waals surface area contributed by atoms with E-state index in [0.717, 1.165) is 5.56 Å². The van der Waals surface area contributed by atoms with Crippen LogP contribution in [0.15, 0.2) is 64.8 Å². The van der Waals surface area contributed by atoms with Gasteiger partial charge in [0.1, 0.15) is 34.8 Å². The number of furan rings is 1. The second kappa shape index (κ2) is 9.82. The van der Waals surface area contributed by atoms with Crippen molar-refractivity contribution < 1.29 is 28.6 Å². The molecule has 1 aliphatic heterocycles. The van der Waals surface area contributed by atoms with Crippen LogP contribution >= 0.6 is 0 Å². The van der Waals surface area contributed by atoms with E-state index in [1.807, 2.05) is 13.8 Å². The quantitative estimate of drug-likeness (QED) is 0.301. The Hall–Kier alpha value is -4.07. The van der Waals surface area contributed by atoms with Crippen LogP contribution in [0.25, 0.3) is 5.76 Å². The van der Waals surface area contributed by atoms with E-state index in [2.05, 4.69) is 4.98 Å². The number of Topliss-reactive ketones (excluding diaryl/α,β-unsaturated/α-hetero) is 1. The van der Waals surface area contributed by atoms with Gasteiger partial charge in [-0.3, -0.25) is 14.6 Å². The summed E-state index contributed by atoms with van der Waals surface area (Å²) in [6, 6.07) is 11.0. The van der Waals surface area contributed by atoms with Gasteiger partial charge < -0.3 is 23.9 Å². The summed E-state index contributed by atoms with van der Waals surface area (Å²) in [6.07, 6.45) is 3.23. The minimum absolute atomic E-state index is 0.0569. The Kier molecular flexibility index (Phi) is 6.67. The summed E-state index contributed by atoms with van der Waals surface area (Å²) in [4.78, 5) is 31.7. The van der Waals surface area contributed by atoms with E-state index in [1.54, 1.807) is 61.8 Å². The molecule has 1 aliphatic rings. The first kappa shape index (κ1) is 23.1. The first-order chi connectivity index (χ1) is 16.4. The van der Waals surface area contributed by atoms with E-state index in [4.69, 9.17) is 13.9 Å². The predicted octanol–water partition coefficient (Wildman–Crippen LogP) is 4.40. The second-order valence-electron chi connectivity index (χ2n) is 7.75. The molecule has 0 saturated carbocycles. The molecule has 0 radical (unpaired) electrons. The van der Waals surface area contributed by atoms with Gasteiger partial charge in [0.25, 0.3) is 11.7 Å². The third-order valence-corrected chi connectivity index (χ3v) is 5.49. The Bertz CT molecular complexity index is 1230. The maximum Gasteiger partial charge on any atom is 0.296 e.